The standard InChI is InChI=1S/C21H27N5O4/c1-29-16-7-5-15(6-8-16)25-19-10-18(17(12-24-19)20(22)27)23-11-14-4-3-9-26(13-14)21(28)30-2/h5-8,10,12,14H,3-4,9,11,13H2,1-2H3,(H2,22,27)(H2,23,24,25)/t14-/m1/s1. The first-order chi connectivity index (χ1) is 14.5. The summed E-state index contributed by atoms with van der Waals surface area (Å²) in [7, 11) is 3.00. The predicted molar refractivity (Wildman–Crippen MR) is 114 cm³/mol. The van der Waals surface area contributed by atoms with Crippen molar-refractivity contribution in [2.45, 2.75) is 12.8 Å². The molecular weight excluding hydrogens is 386 g/mol. The number of anilines is 3. The molecule has 1 fully saturated rings. The number of nitrogens with two attached hydrogens (primary N) is 1. The van der Waals surface area contributed by atoms with Crippen LogP contribution in [-0.2, 0) is 4.74 Å². The maximum Gasteiger partial charge on any atom is 0.409 e. The van der Waals surface area contributed by atoms with Gasteiger partial charge in [-0.2, -0.15) is 0 Å². The molecule has 0 unspecified atom stereocenters. The van der Waals surface area contributed by atoms with Crippen LogP contribution in [0.15, 0.2) is 36.5 Å². The van der Waals surface area contributed by atoms with Gasteiger partial charge in [-0.15, -0.1) is 0 Å². The molecule has 3 rings (SSSR count). The van der Waals surface area contributed by atoms with E-state index in [0.29, 0.717) is 36.7 Å². The average molecular weight is 413 g/mol. The minimum atomic E-state index is -0.555. The molecule has 1 atom stereocenters. The number of likely N-dealkylation sites (tertiary alicyclic amines) is 1. The fraction of sp³-hybridized carbons (Fsp3) is 0.381. The van der Waals surface area contributed by atoms with Crippen molar-refractivity contribution in [3.05, 3.63) is 42.1 Å². The lowest BCUT2D eigenvalue weighted by molar-refractivity contribution is 0.100. The van der Waals surface area contributed by atoms with E-state index in [0.717, 1.165) is 24.3 Å². The van der Waals surface area contributed by atoms with Crippen LogP contribution in [0.2, 0.25) is 0 Å². The number of piperidine rings is 1. The normalized spacial score (nSPS) is 15.9. The molecule has 9 heteroatoms. The van der Waals surface area contributed by atoms with E-state index in [2.05, 4.69) is 15.6 Å². The molecule has 1 saturated heterocycles. The molecule has 1 aromatic carbocycles. The van der Waals surface area contributed by atoms with E-state index >= 15 is 0 Å². The number of nitrogens with one attached hydrogen (secondary N) is 2. The first kappa shape index (κ1) is 21.2. The monoisotopic (exact) mass is 413 g/mol. The molecule has 1 aliphatic heterocycles. The molecule has 1 aliphatic rings. The van der Waals surface area contributed by atoms with Gasteiger partial charge in [0.15, 0.2) is 0 Å². The largest absolute Gasteiger partial charge is 0.497 e. The second-order valence-corrected chi connectivity index (χ2v) is 7.14. The second-order valence-electron chi connectivity index (χ2n) is 7.14. The van der Waals surface area contributed by atoms with Crippen molar-refractivity contribution in [3.8, 4) is 5.75 Å². The number of amides is 2. The quantitative estimate of drug-likeness (QED) is 0.638. The van der Waals surface area contributed by atoms with Crippen LogP contribution >= 0.6 is 0 Å². The molecule has 160 valence electrons. The van der Waals surface area contributed by atoms with Crippen LogP contribution in [0.5, 0.6) is 5.75 Å². The Hall–Kier alpha value is -3.49. The molecular formula is C21H27N5O4. The zero-order chi connectivity index (χ0) is 21.5. The van der Waals surface area contributed by atoms with Crippen LogP contribution < -0.4 is 21.1 Å². The SMILES string of the molecule is COC(=O)N1CCC[C@H](CNc2cc(Nc3ccc(OC)cc3)ncc2C(N)=O)C1. The minimum absolute atomic E-state index is 0.240. The zero-order valence-electron chi connectivity index (χ0n) is 17.2. The van der Waals surface area contributed by atoms with Gasteiger partial charge in [0.25, 0.3) is 5.91 Å². The summed E-state index contributed by atoms with van der Waals surface area (Å²) in [5, 5.41) is 6.51. The van der Waals surface area contributed by atoms with Crippen LogP contribution in [0.1, 0.15) is 23.2 Å². The third kappa shape index (κ3) is 5.31. The van der Waals surface area contributed by atoms with Crippen LogP contribution in [-0.4, -0.2) is 55.7 Å². The van der Waals surface area contributed by atoms with E-state index in [1.165, 1.54) is 13.3 Å². The Kier molecular flexibility index (Phi) is 6.95. The Morgan fingerprint density at radius 1 is 1.27 bits per heavy atom. The minimum Gasteiger partial charge on any atom is -0.497 e. The van der Waals surface area contributed by atoms with Gasteiger partial charge >= 0.3 is 6.09 Å². The summed E-state index contributed by atoms with van der Waals surface area (Å²) < 4.78 is 9.98. The van der Waals surface area contributed by atoms with E-state index in [-0.39, 0.29) is 12.0 Å². The summed E-state index contributed by atoms with van der Waals surface area (Å²) in [5.41, 5.74) is 7.27. The highest BCUT2D eigenvalue weighted by molar-refractivity contribution is 5.98. The van der Waals surface area contributed by atoms with Gasteiger partial charge in [0.1, 0.15) is 11.6 Å². The fourth-order valence-corrected chi connectivity index (χ4v) is 3.47. The van der Waals surface area contributed by atoms with Crippen molar-refractivity contribution in [2.75, 3.05) is 44.5 Å². The van der Waals surface area contributed by atoms with Gasteiger partial charge in [0.05, 0.1) is 25.5 Å². The van der Waals surface area contributed by atoms with Crippen LogP contribution in [0, 0.1) is 5.92 Å². The van der Waals surface area contributed by atoms with Crippen molar-refractivity contribution in [1.29, 1.82) is 0 Å². The highest BCUT2D eigenvalue weighted by Gasteiger charge is 2.24. The van der Waals surface area contributed by atoms with Gasteiger partial charge < -0.3 is 30.7 Å². The van der Waals surface area contributed by atoms with E-state index in [9.17, 15) is 9.59 Å². The van der Waals surface area contributed by atoms with Crippen molar-refractivity contribution < 1.29 is 19.1 Å². The first-order valence-corrected chi connectivity index (χ1v) is 9.78. The highest BCUT2D eigenvalue weighted by atomic mass is 16.5. The number of ether oxygens (including phenoxy) is 2. The number of pyridine rings is 1. The number of primary amides is 1. The fourth-order valence-electron chi connectivity index (χ4n) is 3.47. The van der Waals surface area contributed by atoms with Crippen molar-refractivity contribution in [2.24, 2.45) is 11.7 Å². The lowest BCUT2D eigenvalue weighted by Crippen LogP contribution is -2.41. The Bertz CT molecular complexity index is 887. The van der Waals surface area contributed by atoms with Gasteiger partial charge in [-0.05, 0) is 43.0 Å². The van der Waals surface area contributed by atoms with Gasteiger partial charge in [0, 0.05) is 37.6 Å². The molecule has 9 nitrogen and oxygen atoms in total. The van der Waals surface area contributed by atoms with E-state index in [1.807, 2.05) is 24.3 Å². The number of rotatable bonds is 7. The summed E-state index contributed by atoms with van der Waals surface area (Å²) in [5.74, 6) is 1.02. The van der Waals surface area contributed by atoms with E-state index in [1.54, 1.807) is 18.1 Å². The molecule has 2 aromatic rings. The lowest BCUT2D eigenvalue weighted by Gasteiger charge is -2.32. The molecule has 0 bridgehead atoms. The smallest absolute Gasteiger partial charge is 0.409 e. The first-order valence-electron chi connectivity index (χ1n) is 9.78. The number of aromatic nitrogens is 1. The predicted octanol–water partition coefficient (Wildman–Crippen LogP) is 2.82. The zero-order valence-corrected chi connectivity index (χ0v) is 17.2. The maximum absolute atomic E-state index is 11.8. The van der Waals surface area contributed by atoms with E-state index in [4.69, 9.17) is 15.2 Å². The molecule has 0 saturated carbocycles. The average Bonchev–Trinajstić information content (AvgIpc) is 2.77. The van der Waals surface area contributed by atoms with E-state index < -0.39 is 5.91 Å². The number of benzene rings is 1. The van der Waals surface area contributed by atoms with Crippen molar-refractivity contribution >= 4 is 29.2 Å². The molecule has 30 heavy (non-hydrogen) atoms. The summed E-state index contributed by atoms with van der Waals surface area (Å²) in [4.78, 5) is 29.6. The molecule has 0 aliphatic carbocycles. The Labute approximate surface area is 175 Å². The maximum atomic E-state index is 11.8. The molecule has 4 N–H and O–H groups in total. The molecule has 2 heterocycles. The molecule has 2 amide bonds. The topological polar surface area (TPSA) is 119 Å². The van der Waals surface area contributed by atoms with Crippen LogP contribution in [0.4, 0.5) is 22.0 Å². The third-order valence-electron chi connectivity index (χ3n) is 5.06. The van der Waals surface area contributed by atoms with Crippen molar-refractivity contribution in [1.82, 2.24) is 9.88 Å². The van der Waals surface area contributed by atoms with Crippen molar-refractivity contribution in [3.63, 3.8) is 0 Å². The number of hydrogen-bond donors (Lipinski definition) is 3. The third-order valence-corrected chi connectivity index (χ3v) is 5.06. The highest BCUT2D eigenvalue weighted by Crippen LogP contribution is 2.24. The lowest BCUT2D eigenvalue weighted by atomic mass is 9.98. The number of carbonyl (C=O) groups excluding carboxylic acids is 2. The second kappa shape index (κ2) is 9.82. The Balaban J connectivity index is 1.69. The summed E-state index contributed by atoms with van der Waals surface area (Å²) >= 11 is 0. The van der Waals surface area contributed by atoms with Gasteiger partial charge in [-0.25, -0.2) is 9.78 Å². The van der Waals surface area contributed by atoms with Crippen LogP contribution in [0.25, 0.3) is 0 Å². The van der Waals surface area contributed by atoms with Crippen LogP contribution in [0.3, 0.4) is 0 Å². The summed E-state index contributed by atoms with van der Waals surface area (Å²) in [6, 6.07) is 9.19. The van der Waals surface area contributed by atoms with Gasteiger partial charge in [0.2, 0.25) is 0 Å². The Morgan fingerprint density at radius 3 is 2.70 bits per heavy atom. The van der Waals surface area contributed by atoms with Gasteiger partial charge in [-0.1, -0.05) is 0 Å². The van der Waals surface area contributed by atoms with Gasteiger partial charge in [-0.3, -0.25) is 4.79 Å². The summed E-state index contributed by atoms with van der Waals surface area (Å²) in [6.45, 7) is 1.90. The number of carbonyl (C=O) groups is 2. The Morgan fingerprint density at radius 2 is 2.03 bits per heavy atom. The molecule has 1 aromatic heterocycles. The molecule has 0 radical (unpaired) electrons. The number of nitrogens with zero attached hydrogens (tertiary/aromatic N) is 2. The number of hydrogen-bond acceptors (Lipinski definition) is 7. The molecule has 0 spiro atoms. The summed E-state index contributed by atoms with van der Waals surface area (Å²) in [6.07, 6.45) is 3.03. The number of methoxy groups -OCH3 is 2.